The van der Waals surface area contributed by atoms with E-state index in [4.69, 9.17) is 4.74 Å². The van der Waals surface area contributed by atoms with Gasteiger partial charge in [-0.15, -0.1) is 11.3 Å². The Labute approximate surface area is 153 Å². The SMILES string of the molecule is Cc1cc(C(=O)COC(=O)CN2CCSC2=O)c(C)n1-c1nccs1. The quantitative estimate of drug-likeness (QED) is 0.566. The van der Waals surface area contributed by atoms with Gasteiger partial charge in [0, 0.05) is 40.8 Å². The molecule has 9 heteroatoms. The highest BCUT2D eigenvalue weighted by Gasteiger charge is 2.25. The van der Waals surface area contributed by atoms with Crippen molar-refractivity contribution in [2.24, 2.45) is 0 Å². The number of carbonyl (C=O) groups excluding carboxylic acids is 3. The summed E-state index contributed by atoms with van der Waals surface area (Å²) in [7, 11) is 0. The Morgan fingerprint density at radius 1 is 1.36 bits per heavy atom. The second-order valence-electron chi connectivity index (χ2n) is 5.55. The Hall–Kier alpha value is -2.13. The van der Waals surface area contributed by atoms with Gasteiger partial charge < -0.3 is 9.64 Å². The summed E-state index contributed by atoms with van der Waals surface area (Å²) in [5, 5.41) is 2.53. The Balaban J connectivity index is 1.63. The highest BCUT2D eigenvalue weighted by atomic mass is 32.2. The van der Waals surface area contributed by atoms with Gasteiger partial charge in [0.15, 0.2) is 11.7 Å². The van der Waals surface area contributed by atoms with Crippen LogP contribution in [0.25, 0.3) is 5.13 Å². The highest BCUT2D eigenvalue weighted by molar-refractivity contribution is 8.13. The van der Waals surface area contributed by atoms with Crippen molar-refractivity contribution in [2.45, 2.75) is 13.8 Å². The van der Waals surface area contributed by atoms with Crippen LogP contribution in [0.5, 0.6) is 0 Å². The summed E-state index contributed by atoms with van der Waals surface area (Å²) in [5.41, 5.74) is 2.16. The van der Waals surface area contributed by atoms with Crippen molar-refractivity contribution in [3.63, 3.8) is 0 Å². The number of ether oxygens (including phenoxy) is 1. The number of nitrogens with zero attached hydrogens (tertiary/aromatic N) is 3. The Morgan fingerprint density at radius 2 is 2.16 bits per heavy atom. The summed E-state index contributed by atoms with van der Waals surface area (Å²) >= 11 is 2.66. The fourth-order valence-corrected chi connectivity index (χ4v) is 4.24. The molecule has 132 valence electrons. The number of rotatable bonds is 6. The van der Waals surface area contributed by atoms with Crippen molar-refractivity contribution in [3.05, 3.63) is 34.6 Å². The van der Waals surface area contributed by atoms with Crippen molar-refractivity contribution in [1.82, 2.24) is 14.5 Å². The van der Waals surface area contributed by atoms with E-state index in [0.717, 1.165) is 16.5 Å². The number of thiazole rings is 1. The zero-order valence-corrected chi connectivity index (χ0v) is 15.5. The second-order valence-corrected chi connectivity index (χ2v) is 7.47. The van der Waals surface area contributed by atoms with Crippen LogP contribution < -0.4 is 0 Å². The van der Waals surface area contributed by atoms with E-state index in [1.807, 2.05) is 23.8 Å². The highest BCUT2D eigenvalue weighted by Crippen LogP contribution is 2.22. The van der Waals surface area contributed by atoms with Gasteiger partial charge in [-0.25, -0.2) is 4.98 Å². The Bertz CT molecular complexity index is 814. The zero-order chi connectivity index (χ0) is 18.0. The van der Waals surface area contributed by atoms with Gasteiger partial charge in [0.25, 0.3) is 5.24 Å². The van der Waals surface area contributed by atoms with Gasteiger partial charge in [0.05, 0.1) is 0 Å². The third-order valence-electron chi connectivity index (χ3n) is 3.87. The maximum Gasteiger partial charge on any atom is 0.326 e. The summed E-state index contributed by atoms with van der Waals surface area (Å²) in [6, 6.07) is 1.77. The molecule has 7 nitrogen and oxygen atoms in total. The first-order valence-electron chi connectivity index (χ1n) is 7.66. The molecule has 1 aliphatic heterocycles. The second kappa shape index (κ2) is 7.40. The zero-order valence-electron chi connectivity index (χ0n) is 13.9. The Morgan fingerprint density at radius 3 is 2.80 bits per heavy atom. The fourth-order valence-electron chi connectivity index (χ4n) is 2.66. The van der Waals surface area contributed by atoms with Crippen LogP contribution in [-0.2, 0) is 9.53 Å². The molecule has 2 aromatic heterocycles. The van der Waals surface area contributed by atoms with Crippen LogP contribution in [0.15, 0.2) is 17.6 Å². The summed E-state index contributed by atoms with van der Waals surface area (Å²) < 4.78 is 6.95. The maximum absolute atomic E-state index is 12.4. The summed E-state index contributed by atoms with van der Waals surface area (Å²) in [4.78, 5) is 41.4. The molecule has 0 radical (unpaired) electrons. The molecule has 1 fully saturated rings. The summed E-state index contributed by atoms with van der Waals surface area (Å²) in [6.07, 6.45) is 1.71. The molecule has 0 aliphatic carbocycles. The molecule has 2 aromatic rings. The third-order valence-corrected chi connectivity index (χ3v) is 5.52. The first kappa shape index (κ1) is 17.7. The average Bonchev–Trinajstić information content (AvgIpc) is 3.28. The standard InChI is InChI=1S/C16H17N3O4S2/c1-10-7-12(11(2)19(10)15-17-3-5-24-15)13(20)9-23-14(21)8-18-4-6-25-16(18)22/h3,5,7H,4,6,8-9H2,1-2H3. The molecule has 0 atom stereocenters. The van der Waals surface area contributed by atoms with Gasteiger partial charge in [-0.1, -0.05) is 11.8 Å². The summed E-state index contributed by atoms with van der Waals surface area (Å²) in [5.74, 6) is -0.169. The minimum Gasteiger partial charge on any atom is -0.456 e. The number of ketones is 1. The van der Waals surface area contributed by atoms with Crippen LogP contribution in [0.3, 0.4) is 0 Å². The topological polar surface area (TPSA) is 81.5 Å². The van der Waals surface area contributed by atoms with Crippen LogP contribution in [0.2, 0.25) is 0 Å². The minimum absolute atomic E-state index is 0.114. The first-order valence-corrected chi connectivity index (χ1v) is 9.53. The van der Waals surface area contributed by atoms with E-state index in [0.29, 0.717) is 17.9 Å². The molecule has 25 heavy (non-hydrogen) atoms. The van der Waals surface area contributed by atoms with Gasteiger partial charge in [0.2, 0.25) is 5.78 Å². The van der Waals surface area contributed by atoms with Crippen LogP contribution >= 0.6 is 23.1 Å². The first-order chi connectivity index (χ1) is 12.0. The van der Waals surface area contributed by atoms with Gasteiger partial charge in [0.1, 0.15) is 6.54 Å². The number of amides is 1. The van der Waals surface area contributed by atoms with Crippen LogP contribution in [0.1, 0.15) is 21.7 Å². The normalized spacial score (nSPS) is 14.2. The lowest BCUT2D eigenvalue weighted by Gasteiger charge is -2.13. The largest absolute Gasteiger partial charge is 0.456 e. The third kappa shape index (κ3) is 3.77. The van der Waals surface area contributed by atoms with Crippen molar-refractivity contribution in [2.75, 3.05) is 25.4 Å². The van der Waals surface area contributed by atoms with Gasteiger partial charge in [-0.05, 0) is 19.9 Å². The lowest BCUT2D eigenvalue weighted by Crippen LogP contribution is -2.31. The number of thioether (sulfide) groups is 1. The molecule has 0 saturated carbocycles. The smallest absolute Gasteiger partial charge is 0.326 e. The molecule has 0 N–H and O–H groups in total. The van der Waals surface area contributed by atoms with Gasteiger partial charge >= 0.3 is 5.97 Å². The molecule has 1 saturated heterocycles. The number of hydrogen-bond acceptors (Lipinski definition) is 7. The molecule has 0 bridgehead atoms. The maximum atomic E-state index is 12.4. The molecule has 1 aliphatic rings. The van der Waals surface area contributed by atoms with Crippen molar-refractivity contribution >= 4 is 40.1 Å². The Kier molecular flexibility index (Phi) is 5.24. The predicted octanol–water partition coefficient (Wildman–Crippen LogP) is 2.45. The molecule has 3 heterocycles. The van der Waals surface area contributed by atoms with Gasteiger partial charge in [-0.2, -0.15) is 0 Å². The molecule has 0 aromatic carbocycles. The number of esters is 1. The van der Waals surface area contributed by atoms with E-state index in [2.05, 4.69) is 4.98 Å². The predicted molar refractivity (Wildman–Crippen MR) is 95.6 cm³/mol. The van der Waals surface area contributed by atoms with Crippen molar-refractivity contribution in [1.29, 1.82) is 0 Å². The molecular formula is C16H17N3O4S2. The van der Waals surface area contributed by atoms with E-state index < -0.39 is 5.97 Å². The molecule has 1 amide bonds. The molecule has 0 unspecified atom stereocenters. The fraction of sp³-hybridized carbons (Fsp3) is 0.375. The number of aryl methyl sites for hydroxylation is 1. The molecular weight excluding hydrogens is 362 g/mol. The van der Waals surface area contributed by atoms with Crippen molar-refractivity contribution < 1.29 is 19.1 Å². The van der Waals surface area contributed by atoms with Crippen LogP contribution in [-0.4, -0.2) is 56.9 Å². The van der Waals surface area contributed by atoms with Gasteiger partial charge in [-0.3, -0.25) is 19.0 Å². The lowest BCUT2D eigenvalue weighted by molar-refractivity contribution is -0.142. The van der Waals surface area contributed by atoms with Crippen molar-refractivity contribution in [3.8, 4) is 5.13 Å². The van der Waals surface area contributed by atoms with E-state index in [9.17, 15) is 14.4 Å². The number of carbonyl (C=O) groups is 3. The van der Waals surface area contributed by atoms with E-state index >= 15 is 0 Å². The van der Waals surface area contributed by atoms with Crippen LogP contribution in [0, 0.1) is 13.8 Å². The minimum atomic E-state index is -0.571. The average molecular weight is 379 g/mol. The van der Waals surface area contributed by atoms with E-state index in [-0.39, 0.29) is 24.2 Å². The monoisotopic (exact) mass is 379 g/mol. The molecule has 0 spiro atoms. The van der Waals surface area contributed by atoms with E-state index in [1.54, 1.807) is 12.3 Å². The molecule has 3 rings (SSSR count). The number of hydrogen-bond donors (Lipinski definition) is 0. The van der Waals surface area contributed by atoms with E-state index in [1.165, 1.54) is 28.0 Å². The van der Waals surface area contributed by atoms with Crippen LogP contribution in [0.4, 0.5) is 4.79 Å². The summed E-state index contributed by atoms with van der Waals surface area (Å²) in [6.45, 7) is 3.81. The number of Topliss-reactive ketones (excluding diaryl/α,β-unsaturated/α-hetero) is 1. The lowest BCUT2D eigenvalue weighted by atomic mass is 10.1. The number of aromatic nitrogens is 2.